The van der Waals surface area contributed by atoms with Crippen molar-refractivity contribution in [2.45, 2.75) is 25.9 Å². The zero-order chi connectivity index (χ0) is 20.6. The highest BCUT2D eigenvalue weighted by molar-refractivity contribution is 5.77. The number of halogens is 1. The Bertz CT molecular complexity index is 761. The van der Waals surface area contributed by atoms with Gasteiger partial charge in [-0.2, -0.15) is 0 Å². The van der Waals surface area contributed by atoms with Gasteiger partial charge in [0.05, 0.1) is 6.10 Å². The predicted octanol–water partition coefficient (Wildman–Crippen LogP) is 3.14. The fourth-order valence-corrected chi connectivity index (χ4v) is 3.60. The summed E-state index contributed by atoms with van der Waals surface area (Å²) < 4.78 is 13.1. The zero-order valence-electron chi connectivity index (χ0n) is 17.0. The molecule has 0 aliphatic carbocycles. The third kappa shape index (κ3) is 5.94. The fourth-order valence-electron chi connectivity index (χ4n) is 3.60. The third-order valence-corrected chi connectivity index (χ3v) is 5.44. The Morgan fingerprint density at radius 2 is 1.72 bits per heavy atom. The molecule has 1 aliphatic rings. The Hall–Kier alpha value is -2.60. The molecular weight excluding hydrogens is 369 g/mol. The van der Waals surface area contributed by atoms with Crippen LogP contribution in [-0.2, 0) is 4.79 Å². The molecule has 0 saturated carbocycles. The second-order valence-electron chi connectivity index (χ2n) is 7.44. The quantitative estimate of drug-likeness (QED) is 0.741. The van der Waals surface area contributed by atoms with Gasteiger partial charge in [0.25, 0.3) is 0 Å². The topological polar surface area (TPSA) is 47.0 Å². The Morgan fingerprint density at radius 3 is 2.34 bits per heavy atom. The van der Waals surface area contributed by atoms with E-state index in [9.17, 15) is 14.3 Å². The van der Waals surface area contributed by atoms with Crippen LogP contribution in [0.25, 0.3) is 0 Å². The van der Waals surface area contributed by atoms with Gasteiger partial charge in [0.2, 0.25) is 5.91 Å². The minimum Gasteiger partial charge on any atom is -0.391 e. The minimum absolute atomic E-state index is 0.135. The van der Waals surface area contributed by atoms with Gasteiger partial charge in [0.15, 0.2) is 0 Å². The van der Waals surface area contributed by atoms with E-state index in [-0.39, 0.29) is 11.7 Å². The number of carbonyl (C=O) groups excluding carboxylic acids is 1. The first kappa shape index (κ1) is 21.1. The van der Waals surface area contributed by atoms with Crippen LogP contribution in [0.3, 0.4) is 0 Å². The maximum absolute atomic E-state index is 13.1. The molecule has 6 heteroatoms. The maximum Gasteiger partial charge on any atom is 0.224 e. The third-order valence-electron chi connectivity index (χ3n) is 5.44. The number of anilines is 2. The van der Waals surface area contributed by atoms with Crippen molar-refractivity contribution < 1.29 is 14.3 Å². The van der Waals surface area contributed by atoms with Crippen molar-refractivity contribution in [2.24, 2.45) is 0 Å². The average molecular weight is 400 g/mol. The number of rotatable bonds is 8. The monoisotopic (exact) mass is 399 g/mol. The minimum atomic E-state index is -0.412. The molecule has 1 amide bonds. The van der Waals surface area contributed by atoms with Gasteiger partial charge in [-0.05, 0) is 42.8 Å². The van der Waals surface area contributed by atoms with E-state index in [1.54, 1.807) is 12.1 Å². The van der Waals surface area contributed by atoms with E-state index < -0.39 is 6.10 Å². The molecule has 2 aromatic rings. The summed E-state index contributed by atoms with van der Waals surface area (Å²) in [5.41, 5.74) is 2.01. The molecule has 0 aromatic heterocycles. The molecule has 1 fully saturated rings. The Kier molecular flexibility index (Phi) is 7.47. The molecular formula is C23H30FN3O2. The first-order chi connectivity index (χ1) is 14.1. The summed E-state index contributed by atoms with van der Waals surface area (Å²) in [6, 6.07) is 16.4. The van der Waals surface area contributed by atoms with E-state index in [1.807, 2.05) is 42.2 Å². The van der Waals surface area contributed by atoms with Crippen molar-refractivity contribution in [1.29, 1.82) is 0 Å². The van der Waals surface area contributed by atoms with E-state index in [0.717, 1.165) is 24.5 Å². The number of carbonyl (C=O) groups is 1. The Morgan fingerprint density at radius 1 is 1.07 bits per heavy atom. The number of aliphatic hydroxyl groups excluding tert-OH is 1. The highest BCUT2D eigenvalue weighted by atomic mass is 19.1. The predicted molar refractivity (Wildman–Crippen MR) is 115 cm³/mol. The molecule has 1 unspecified atom stereocenters. The molecule has 29 heavy (non-hydrogen) atoms. The van der Waals surface area contributed by atoms with E-state index in [2.05, 4.69) is 9.80 Å². The van der Waals surface area contributed by atoms with Gasteiger partial charge in [-0.3, -0.25) is 4.79 Å². The first-order valence-electron chi connectivity index (χ1n) is 10.3. The molecule has 3 rings (SSSR count). The van der Waals surface area contributed by atoms with Crippen LogP contribution in [0.15, 0.2) is 54.6 Å². The second kappa shape index (κ2) is 10.3. The fraction of sp³-hybridized carbons (Fsp3) is 0.435. The standard InChI is InChI=1S/C23H30FN3O2/c1-2-22(28)18-27(20-6-4-3-5-7-20)13-12-23(29)26-16-14-25(15-17-26)21-10-8-19(24)9-11-21/h3-11,22,28H,2,12-18H2,1H3. The molecule has 1 heterocycles. The van der Waals surface area contributed by atoms with Gasteiger partial charge in [-0.25, -0.2) is 4.39 Å². The highest BCUT2D eigenvalue weighted by Gasteiger charge is 2.22. The van der Waals surface area contributed by atoms with Crippen LogP contribution >= 0.6 is 0 Å². The maximum atomic E-state index is 13.1. The van der Waals surface area contributed by atoms with E-state index >= 15 is 0 Å². The zero-order valence-corrected chi connectivity index (χ0v) is 17.0. The number of hydrogen-bond acceptors (Lipinski definition) is 4. The van der Waals surface area contributed by atoms with Crippen LogP contribution in [0.1, 0.15) is 19.8 Å². The van der Waals surface area contributed by atoms with Gasteiger partial charge in [0, 0.05) is 57.1 Å². The van der Waals surface area contributed by atoms with Crippen molar-refractivity contribution >= 4 is 17.3 Å². The molecule has 0 spiro atoms. The molecule has 0 bridgehead atoms. The largest absolute Gasteiger partial charge is 0.391 e. The van der Waals surface area contributed by atoms with Crippen LogP contribution in [0.2, 0.25) is 0 Å². The lowest BCUT2D eigenvalue weighted by atomic mass is 10.2. The summed E-state index contributed by atoms with van der Waals surface area (Å²) in [5.74, 6) is -0.102. The van der Waals surface area contributed by atoms with Crippen LogP contribution in [0, 0.1) is 5.82 Å². The van der Waals surface area contributed by atoms with Crippen LogP contribution in [0.4, 0.5) is 15.8 Å². The Labute approximate surface area is 172 Å². The summed E-state index contributed by atoms with van der Waals surface area (Å²) in [4.78, 5) is 18.9. The molecule has 1 N–H and O–H groups in total. The van der Waals surface area contributed by atoms with E-state index in [0.29, 0.717) is 39.0 Å². The van der Waals surface area contributed by atoms with Gasteiger partial charge >= 0.3 is 0 Å². The number of hydrogen-bond donors (Lipinski definition) is 1. The molecule has 1 saturated heterocycles. The van der Waals surface area contributed by atoms with E-state index in [4.69, 9.17) is 0 Å². The van der Waals surface area contributed by atoms with Crippen molar-refractivity contribution in [3.05, 3.63) is 60.4 Å². The summed E-state index contributed by atoms with van der Waals surface area (Å²) in [5, 5.41) is 10.1. The van der Waals surface area contributed by atoms with Crippen LogP contribution < -0.4 is 9.80 Å². The Balaban J connectivity index is 1.52. The van der Waals surface area contributed by atoms with E-state index in [1.165, 1.54) is 12.1 Å². The lowest BCUT2D eigenvalue weighted by Gasteiger charge is -2.36. The first-order valence-corrected chi connectivity index (χ1v) is 10.3. The summed E-state index contributed by atoms with van der Waals surface area (Å²) >= 11 is 0. The van der Waals surface area contributed by atoms with Gasteiger partial charge in [0.1, 0.15) is 5.82 Å². The lowest BCUT2D eigenvalue weighted by molar-refractivity contribution is -0.131. The highest BCUT2D eigenvalue weighted by Crippen LogP contribution is 2.18. The van der Waals surface area contributed by atoms with Crippen molar-refractivity contribution in [2.75, 3.05) is 49.1 Å². The second-order valence-corrected chi connectivity index (χ2v) is 7.44. The summed E-state index contributed by atoms with van der Waals surface area (Å²) in [6.07, 6.45) is 0.689. The smallest absolute Gasteiger partial charge is 0.224 e. The van der Waals surface area contributed by atoms with Crippen molar-refractivity contribution in [3.63, 3.8) is 0 Å². The molecule has 2 aromatic carbocycles. The molecule has 1 atom stereocenters. The number of aliphatic hydroxyl groups is 1. The van der Waals surface area contributed by atoms with Gasteiger partial charge in [-0.15, -0.1) is 0 Å². The molecule has 0 radical (unpaired) electrons. The molecule has 156 valence electrons. The number of piperazine rings is 1. The van der Waals surface area contributed by atoms with Gasteiger partial charge < -0.3 is 19.8 Å². The SMILES string of the molecule is CCC(O)CN(CCC(=O)N1CCN(c2ccc(F)cc2)CC1)c1ccccc1. The number of nitrogens with zero attached hydrogens (tertiary/aromatic N) is 3. The number of benzene rings is 2. The number of amides is 1. The molecule has 5 nitrogen and oxygen atoms in total. The summed E-state index contributed by atoms with van der Waals surface area (Å²) in [6.45, 7) is 5.88. The molecule has 1 aliphatic heterocycles. The summed E-state index contributed by atoms with van der Waals surface area (Å²) in [7, 11) is 0. The average Bonchev–Trinajstić information content (AvgIpc) is 2.77. The van der Waals surface area contributed by atoms with Crippen LogP contribution in [-0.4, -0.2) is 61.3 Å². The van der Waals surface area contributed by atoms with Gasteiger partial charge in [-0.1, -0.05) is 25.1 Å². The normalized spacial score (nSPS) is 15.3. The van der Waals surface area contributed by atoms with Crippen molar-refractivity contribution in [1.82, 2.24) is 4.90 Å². The lowest BCUT2D eigenvalue weighted by Crippen LogP contribution is -2.49. The van der Waals surface area contributed by atoms with Crippen LogP contribution in [0.5, 0.6) is 0 Å². The number of para-hydroxylation sites is 1. The van der Waals surface area contributed by atoms with Crippen molar-refractivity contribution in [3.8, 4) is 0 Å².